The second-order valence-electron chi connectivity index (χ2n) is 4.94. The van der Waals surface area contributed by atoms with E-state index in [0.717, 1.165) is 18.3 Å². The van der Waals surface area contributed by atoms with Gasteiger partial charge in [0.25, 0.3) is 0 Å². The van der Waals surface area contributed by atoms with Gasteiger partial charge in [0.1, 0.15) is 0 Å². The Morgan fingerprint density at radius 3 is 2.15 bits per heavy atom. The molecule has 0 spiro atoms. The van der Waals surface area contributed by atoms with Crippen molar-refractivity contribution < 1.29 is 9.53 Å². The second-order valence-corrected chi connectivity index (χ2v) is 4.94. The maximum absolute atomic E-state index is 11.4. The monoisotopic (exact) mass is 180 g/mol. The summed E-state index contributed by atoms with van der Waals surface area (Å²) in [6.45, 7) is 0. The van der Waals surface area contributed by atoms with Crippen molar-refractivity contribution in [2.45, 2.75) is 32.1 Å². The molecule has 0 radical (unpaired) electrons. The van der Waals surface area contributed by atoms with Gasteiger partial charge in [0.05, 0.1) is 13.0 Å². The van der Waals surface area contributed by atoms with Crippen LogP contribution in [0.25, 0.3) is 0 Å². The highest BCUT2D eigenvalue weighted by Crippen LogP contribution is 2.74. The zero-order chi connectivity index (χ0) is 9.05. The fourth-order valence-electron chi connectivity index (χ4n) is 3.22. The van der Waals surface area contributed by atoms with Crippen molar-refractivity contribution in [2.75, 3.05) is 7.11 Å². The Kier molecular flexibility index (Phi) is 1.38. The van der Waals surface area contributed by atoms with Gasteiger partial charge in [-0.25, -0.2) is 0 Å². The first-order valence-corrected chi connectivity index (χ1v) is 5.37. The van der Waals surface area contributed by atoms with Crippen molar-refractivity contribution in [3.05, 3.63) is 0 Å². The maximum Gasteiger partial charge on any atom is 0.309 e. The summed E-state index contributed by atoms with van der Waals surface area (Å²) in [5.74, 6) is 2.09. The van der Waals surface area contributed by atoms with E-state index in [0.29, 0.717) is 5.41 Å². The minimum absolute atomic E-state index is 0.0544. The van der Waals surface area contributed by atoms with Crippen LogP contribution in [0.3, 0.4) is 0 Å². The fourth-order valence-corrected chi connectivity index (χ4v) is 3.22. The Morgan fingerprint density at radius 1 is 1.23 bits per heavy atom. The standard InChI is InChI=1S/C11H16O2/c1-13-10(12)9-6-11(9,7-2-3-7)8-4-5-8/h7-9H,2-6H2,1H3. The zero-order valence-corrected chi connectivity index (χ0v) is 8.08. The molecule has 0 aromatic carbocycles. The summed E-state index contributed by atoms with van der Waals surface area (Å²) in [6, 6.07) is 0. The van der Waals surface area contributed by atoms with Crippen molar-refractivity contribution in [3.8, 4) is 0 Å². The van der Waals surface area contributed by atoms with Gasteiger partial charge in [0.15, 0.2) is 0 Å². The molecule has 1 atom stereocenters. The number of esters is 1. The van der Waals surface area contributed by atoms with Crippen molar-refractivity contribution in [1.82, 2.24) is 0 Å². The summed E-state index contributed by atoms with van der Waals surface area (Å²) in [4.78, 5) is 11.4. The molecule has 72 valence electrons. The third kappa shape index (κ3) is 0.976. The molecule has 3 rings (SSSR count). The molecule has 0 saturated heterocycles. The topological polar surface area (TPSA) is 26.3 Å². The Hall–Kier alpha value is -0.530. The van der Waals surface area contributed by atoms with E-state index in [1.165, 1.54) is 32.8 Å². The van der Waals surface area contributed by atoms with E-state index in [4.69, 9.17) is 4.74 Å². The van der Waals surface area contributed by atoms with Gasteiger partial charge in [-0.15, -0.1) is 0 Å². The number of ether oxygens (including phenoxy) is 1. The summed E-state index contributed by atoms with van der Waals surface area (Å²) in [7, 11) is 1.52. The van der Waals surface area contributed by atoms with Crippen molar-refractivity contribution in [1.29, 1.82) is 0 Å². The number of hydrogen-bond donors (Lipinski definition) is 0. The zero-order valence-electron chi connectivity index (χ0n) is 8.08. The van der Waals surface area contributed by atoms with Gasteiger partial charge in [-0.05, 0) is 49.4 Å². The van der Waals surface area contributed by atoms with Crippen molar-refractivity contribution in [2.24, 2.45) is 23.2 Å². The molecule has 1 unspecified atom stereocenters. The number of carbonyl (C=O) groups excluding carboxylic acids is 1. The minimum atomic E-state index is 0.0544. The van der Waals surface area contributed by atoms with E-state index in [9.17, 15) is 4.79 Å². The van der Waals surface area contributed by atoms with E-state index >= 15 is 0 Å². The van der Waals surface area contributed by atoms with Crippen LogP contribution < -0.4 is 0 Å². The van der Waals surface area contributed by atoms with Crippen LogP contribution in [0, 0.1) is 23.2 Å². The lowest BCUT2D eigenvalue weighted by molar-refractivity contribution is -0.143. The quantitative estimate of drug-likeness (QED) is 0.621. The van der Waals surface area contributed by atoms with Gasteiger partial charge in [-0.3, -0.25) is 4.79 Å². The predicted octanol–water partition coefficient (Wildman–Crippen LogP) is 1.99. The van der Waals surface area contributed by atoms with Gasteiger partial charge >= 0.3 is 5.97 Å². The van der Waals surface area contributed by atoms with Gasteiger partial charge < -0.3 is 4.74 Å². The minimum Gasteiger partial charge on any atom is -0.469 e. The molecular formula is C11H16O2. The number of methoxy groups -OCH3 is 1. The molecule has 0 N–H and O–H groups in total. The van der Waals surface area contributed by atoms with E-state index in [-0.39, 0.29) is 11.9 Å². The third-order valence-electron chi connectivity index (χ3n) is 4.21. The molecular weight excluding hydrogens is 164 g/mol. The third-order valence-corrected chi connectivity index (χ3v) is 4.21. The SMILES string of the molecule is COC(=O)C1CC1(C1CC1)C1CC1. The number of rotatable bonds is 3. The largest absolute Gasteiger partial charge is 0.469 e. The highest BCUT2D eigenvalue weighted by Gasteiger charge is 2.70. The lowest BCUT2D eigenvalue weighted by atomic mass is 9.91. The molecule has 2 heteroatoms. The highest BCUT2D eigenvalue weighted by atomic mass is 16.5. The van der Waals surface area contributed by atoms with E-state index < -0.39 is 0 Å². The number of hydrogen-bond acceptors (Lipinski definition) is 2. The summed E-state index contributed by atoms with van der Waals surface area (Å²) in [6.07, 6.45) is 6.59. The van der Waals surface area contributed by atoms with E-state index in [1.54, 1.807) is 0 Å². The van der Waals surface area contributed by atoms with Crippen molar-refractivity contribution in [3.63, 3.8) is 0 Å². The Morgan fingerprint density at radius 2 is 1.77 bits per heavy atom. The lowest BCUT2D eigenvalue weighted by Crippen LogP contribution is -2.16. The van der Waals surface area contributed by atoms with Crippen LogP contribution in [0.1, 0.15) is 32.1 Å². The lowest BCUT2D eigenvalue weighted by Gasteiger charge is -2.14. The molecule has 3 fully saturated rings. The first-order valence-electron chi connectivity index (χ1n) is 5.37. The fraction of sp³-hybridized carbons (Fsp3) is 0.909. The summed E-state index contributed by atoms with van der Waals surface area (Å²) in [5.41, 5.74) is 0.438. The average Bonchev–Trinajstić information content (AvgIpc) is 3.02. The van der Waals surface area contributed by atoms with Crippen LogP contribution in [-0.2, 0) is 9.53 Å². The van der Waals surface area contributed by atoms with Gasteiger partial charge in [0, 0.05) is 0 Å². The molecule has 3 saturated carbocycles. The molecule has 0 bridgehead atoms. The number of carbonyl (C=O) groups is 1. The van der Waals surface area contributed by atoms with Crippen molar-refractivity contribution >= 4 is 5.97 Å². The maximum atomic E-state index is 11.4. The van der Waals surface area contributed by atoms with E-state index in [1.807, 2.05) is 0 Å². The molecule has 0 aliphatic heterocycles. The molecule has 3 aliphatic rings. The van der Waals surface area contributed by atoms with Crippen LogP contribution >= 0.6 is 0 Å². The van der Waals surface area contributed by atoms with E-state index in [2.05, 4.69) is 0 Å². The Bertz CT molecular complexity index is 239. The molecule has 0 amide bonds. The Labute approximate surface area is 78.6 Å². The molecule has 2 nitrogen and oxygen atoms in total. The average molecular weight is 180 g/mol. The summed E-state index contributed by atoms with van der Waals surface area (Å²) < 4.78 is 4.85. The molecule has 0 aromatic heterocycles. The summed E-state index contributed by atoms with van der Waals surface area (Å²) >= 11 is 0. The van der Waals surface area contributed by atoms with Gasteiger partial charge in [0.2, 0.25) is 0 Å². The first kappa shape index (κ1) is 7.84. The van der Waals surface area contributed by atoms with Crippen LogP contribution in [0.2, 0.25) is 0 Å². The first-order chi connectivity index (χ1) is 6.29. The highest BCUT2D eigenvalue weighted by molar-refractivity contribution is 5.77. The Balaban J connectivity index is 1.76. The molecule has 13 heavy (non-hydrogen) atoms. The molecule has 0 aromatic rings. The van der Waals surface area contributed by atoms with Crippen LogP contribution in [0.5, 0.6) is 0 Å². The van der Waals surface area contributed by atoms with Crippen LogP contribution in [-0.4, -0.2) is 13.1 Å². The van der Waals surface area contributed by atoms with Crippen LogP contribution in [0.4, 0.5) is 0 Å². The van der Waals surface area contributed by atoms with Gasteiger partial charge in [-0.2, -0.15) is 0 Å². The molecule has 3 aliphatic carbocycles. The predicted molar refractivity (Wildman–Crippen MR) is 48.0 cm³/mol. The normalized spacial score (nSPS) is 35.6. The second kappa shape index (κ2) is 2.28. The smallest absolute Gasteiger partial charge is 0.309 e. The molecule has 0 heterocycles. The van der Waals surface area contributed by atoms with Crippen LogP contribution in [0.15, 0.2) is 0 Å². The summed E-state index contributed by atoms with van der Waals surface area (Å²) in [5, 5.41) is 0. The van der Waals surface area contributed by atoms with Gasteiger partial charge in [-0.1, -0.05) is 0 Å².